The fourth-order valence-electron chi connectivity index (χ4n) is 3.87. The Morgan fingerprint density at radius 3 is 1.63 bits per heavy atom. The average Bonchev–Trinajstić information content (AvgIpc) is 3.11. The number of ether oxygens (including phenoxy) is 2. The van der Waals surface area contributed by atoms with Crippen molar-refractivity contribution in [3.05, 3.63) is 122 Å². The van der Waals surface area contributed by atoms with Crippen LogP contribution in [-0.4, -0.2) is 49.3 Å². The standard InChI is InChI=1S/C41H62NO8P/c1-3-5-7-9-11-13-15-17-18-19-20-22-23-25-27-29-31-33-40(43)47-37-39(38-49-51(45,46)48-36-35-42)50-41(44)34-32-30-28-26-24-21-16-14-12-10-8-6-4-2/h5-8,10-14,16-18,20-22,24-28,39H,3-4,9,15,19,23,29-38,42H2,1-2H3,(H,45,46)/b7-5+,8-6+,12-10+,13-11+,16-14+,18-17+,22-20+,24-21+,27-25+,28-26+. The highest BCUT2D eigenvalue weighted by Crippen LogP contribution is 2.43. The number of carbonyl (C=O) groups is 2. The molecule has 2 unspecified atom stereocenters. The molecule has 0 aliphatic heterocycles. The van der Waals surface area contributed by atoms with Crippen LogP contribution in [0.4, 0.5) is 0 Å². The highest BCUT2D eigenvalue weighted by atomic mass is 31.2. The van der Waals surface area contributed by atoms with Crippen molar-refractivity contribution in [3.8, 4) is 0 Å². The second-order valence-electron chi connectivity index (χ2n) is 11.1. The predicted octanol–water partition coefficient (Wildman–Crippen LogP) is 9.82. The monoisotopic (exact) mass is 727 g/mol. The summed E-state index contributed by atoms with van der Waals surface area (Å²) < 4.78 is 32.4. The zero-order chi connectivity index (χ0) is 37.5. The number of carbonyl (C=O) groups excluding carboxylic acids is 2. The molecule has 0 bridgehead atoms. The van der Waals surface area contributed by atoms with Crippen LogP contribution in [-0.2, 0) is 32.7 Å². The molecule has 3 N–H and O–H groups in total. The van der Waals surface area contributed by atoms with Crippen molar-refractivity contribution in [1.29, 1.82) is 0 Å². The van der Waals surface area contributed by atoms with E-state index in [-0.39, 0.29) is 32.6 Å². The highest BCUT2D eigenvalue weighted by molar-refractivity contribution is 7.47. The van der Waals surface area contributed by atoms with Crippen LogP contribution in [0, 0.1) is 0 Å². The van der Waals surface area contributed by atoms with Crippen LogP contribution in [0.1, 0.15) is 90.9 Å². The van der Waals surface area contributed by atoms with E-state index in [4.69, 9.17) is 24.3 Å². The van der Waals surface area contributed by atoms with E-state index >= 15 is 0 Å². The normalized spacial score (nSPS) is 14.8. The quantitative estimate of drug-likeness (QED) is 0.0235. The third kappa shape index (κ3) is 36.0. The van der Waals surface area contributed by atoms with Gasteiger partial charge in [0.2, 0.25) is 0 Å². The Kier molecular flexibility index (Phi) is 33.7. The van der Waals surface area contributed by atoms with Gasteiger partial charge in [0, 0.05) is 19.4 Å². The number of rotatable bonds is 31. The molecule has 9 nitrogen and oxygen atoms in total. The van der Waals surface area contributed by atoms with Crippen molar-refractivity contribution in [2.24, 2.45) is 5.73 Å². The predicted molar refractivity (Wildman–Crippen MR) is 210 cm³/mol. The first-order valence-electron chi connectivity index (χ1n) is 18.1. The molecule has 0 rings (SSSR count). The van der Waals surface area contributed by atoms with Gasteiger partial charge < -0.3 is 20.1 Å². The maximum Gasteiger partial charge on any atom is 0.472 e. The summed E-state index contributed by atoms with van der Waals surface area (Å²) in [5.41, 5.74) is 5.31. The van der Waals surface area contributed by atoms with Crippen molar-refractivity contribution in [2.75, 3.05) is 26.4 Å². The van der Waals surface area contributed by atoms with Gasteiger partial charge in [-0.25, -0.2) is 4.57 Å². The fourth-order valence-corrected chi connectivity index (χ4v) is 4.64. The van der Waals surface area contributed by atoms with E-state index in [9.17, 15) is 19.0 Å². The van der Waals surface area contributed by atoms with Gasteiger partial charge in [-0.1, -0.05) is 135 Å². The van der Waals surface area contributed by atoms with E-state index in [0.29, 0.717) is 25.7 Å². The van der Waals surface area contributed by atoms with Crippen LogP contribution in [0.5, 0.6) is 0 Å². The molecule has 0 radical (unpaired) electrons. The summed E-state index contributed by atoms with van der Waals surface area (Å²) in [5, 5.41) is 0. The maximum atomic E-state index is 12.5. The van der Waals surface area contributed by atoms with Gasteiger partial charge in [-0.05, 0) is 64.2 Å². The lowest BCUT2D eigenvalue weighted by Crippen LogP contribution is -2.29. The summed E-state index contributed by atoms with van der Waals surface area (Å²) in [6.45, 7) is 3.26. The Labute approximate surface area is 307 Å². The second-order valence-corrected chi connectivity index (χ2v) is 12.5. The number of hydrogen-bond donors (Lipinski definition) is 2. The first-order valence-corrected chi connectivity index (χ1v) is 19.6. The van der Waals surface area contributed by atoms with Crippen molar-refractivity contribution < 1.29 is 37.6 Å². The summed E-state index contributed by atoms with van der Waals surface area (Å²) in [4.78, 5) is 34.6. The molecule has 0 aliphatic rings. The van der Waals surface area contributed by atoms with Crippen LogP contribution in [0.3, 0.4) is 0 Å². The number of phosphoric ester groups is 1. The maximum absolute atomic E-state index is 12.5. The van der Waals surface area contributed by atoms with Crippen LogP contribution >= 0.6 is 7.82 Å². The van der Waals surface area contributed by atoms with E-state index in [0.717, 1.165) is 38.5 Å². The molecular formula is C41H62NO8P. The Balaban J connectivity index is 4.50. The Bertz CT molecular complexity index is 1240. The Morgan fingerprint density at radius 1 is 0.608 bits per heavy atom. The van der Waals surface area contributed by atoms with Gasteiger partial charge in [-0.3, -0.25) is 18.6 Å². The topological polar surface area (TPSA) is 134 Å². The zero-order valence-corrected chi connectivity index (χ0v) is 31.7. The van der Waals surface area contributed by atoms with Crippen LogP contribution in [0.2, 0.25) is 0 Å². The largest absolute Gasteiger partial charge is 0.472 e. The molecule has 0 aromatic rings. The number of phosphoric acid groups is 1. The van der Waals surface area contributed by atoms with Gasteiger partial charge in [0.15, 0.2) is 6.10 Å². The molecule has 0 saturated carbocycles. The molecule has 0 aromatic heterocycles. The average molecular weight is 728 g/mol. The molecule has 284 valence electrons. The number of allylic oxidation sites excluding steroid dienone is 20. The summed E-state index contributed by atoms with van der Waals surface area (Å²) in [6, 6.07) is 0. The minimum Gasteiger partial charge on any atom is -0.462 e. The Hall–Kier alpha value is -3.59. The molecule has 2 atom stereocenters. The third-order valence-corrected chi connectivity index (χ3v) is 7.46. The third-order valence-electron chi connectivity index (χ3n) is 6.47. The lowest BCUT2D eigenvalue weighted by atomic mass is 10.2. The lowest BCUT2D eigenvalue weighted by Gasteiger charge is -2.19. The smallest absolute Gasteiger partial charge is 0.462 e. The van der Waals surface area contributed by atoms with E-state index in [1.807, 2.05) is 60.8 Å². The molecule has 0 aliphatic carbocycles. The molecule has 0 aromatic carbocycles. The van der Waals surface area contributed by atoms with Gasteiger partial charge in [-0.2, -0.15) is 0 Å². The second kappa shape index (κ2) is 36.2. The van der Waals surface area contributed by atoms with Crippen molar-refractivity contribution in [1.82, 2.24) is 0 Å². The molecule has 0 heterocycles. The summed E-state index contributed by atoms with van der Waals surface area (Å²) in [7, 11) is -4.41. The number of esters is 2. The zero-order valence-electron chi connectivity index (χ0n) is 30.8. The van der Waals surface area contributed by atoms with Crippen LogP contribution in [0.15, 0.2) is 122 Å². The summed E-state index contributed by atoms with van der Waals surface area (Å²) in [5.74, 6) is -1.00. The minimum atomic E-state index is -4.41. The molecule has 0 spiro atoms. The van der Waals surface area contributed by atoms with Gasteiger partial charge in [0.05, 0.1) is 13.2 Å². The molecule has 51 heavy (non-hydrogen) atoms. The summed E-state index contributed by atoms with van der Waals surface area (Å²) in [6.07, 6.45) is 48.2. The molecule has 10 heteroatoms. The van der Waals surface area contributed by atoms with Gasteiger partial charge in [0.1, 0.15) is 6.61 Å². The van der Waals surface area contributed by atoms with Crippen molar-refractivity contribution in [2.45, 2.75) is 97.0 Å². The van der Waals surface area contributed by atoms with Gasteiger partial charge >= 0.3 is 19.8 Å². The highest BCUT2D eigenvalue weighted by Gasteiger charge is 2.25. The van der Waals surface area contributed by atoms with E-state index in [1.165, 1.54) is 0 Å². The number of hydrogen-bond acceptors (Lipinski definition) is 8. The molecule has 0 amide bonds. The first kappa shape index (κ1) is 47.4. The Morgan fingerprint density at radius 2 is 1.08 bits per heavy atom. The van der Waals surface area contributed by atoms with Crippen molar-refractivity contribution in [3.63, 3.8) is 0 Å². The van der Waals surface area contributed by atoms with Crippen molar-refractivity contribution >= 4 is 19.8 Å². The SMILES string of the molecule is CC/C=C/C=C/C=C/C=C/C=C/CCCC(=O)OC(COC(=O)CCC/C=C/C/C=C/C/C=C/C/C=C/C/C=C/CC)COP(=O)(O)OCCN. The van der Waals surface area contributed by atoms with E-state index in [2.05, 4.69) is 74.6 Å². The first-order chi connectivity index (χ1) is 24.8. The summed E-state index contributed by atoms with van der Waals surface area (Å²) >= 11 is 0. The number of unbranched alkanes of at least 4 members (excludes halogenated alkanes) is 2. The molecule has 0 saturated heterocycles. The molecule has 0 fully saturated rings. The van der Waals surface area contributed by atoms with Gasteiger partial charge in [-0.15, -0.1) is 0 Å². The van der Waals surface area contributed by atoms with E-state index in [1.54, 1.807) is 0 Å². The van der Waals surface area contributed by atoms with Crippen LogP contribution < -0.4 is 5.73 Å². The number of nitrogens with two attached hydrogens (primary N) is 1. The van der Waals surface area contributed by atoms with Gasteiger partial charge in [0.25, 0.3) is 0 Å². The van der Waals surface area contributed by atoms with E-state index < -0.39 is 32.5 Å². The minimum absolute atomic E-state index is 0.0266. The molecular weight excluding hydrogens is 665 g/mol. The lowest BCUT2D eigenvalue weighted by molar-refractivity contribution is -0.161. The fraction of sp³-hybridized carbons (Fsp3) is 0.463. The van der Waals surface area contributed by atoms with Crippen LogP contribution in [0.25, 0.3) is 0 Å².